The molecule has 8 aromatic heterocycles. The second-order valence-electron chi connectivity index (χ2n) is 33.9. The van der Waals surface area contributed by atoms with Crippen LogP contribution in [0, 0.1) is 30.5 Å². The second kappa shape index (κ2) is 42.5. The van der Waals surface area contributed by atoms with Gasteiger partial charge < -0.3 is 51.7 Å². The Balaban J connectivity index is 0.000000116. The Morgan fingerprint density at radius 1 is 0.496 bits per heavy atom. The maximum atomic E-state index is 14.5. The largest absolute Gasteiger partial charge is 0.490 e. The zero-order chi connectivity index (χ0) is 91.9. The Kier molecular flexibility index (Phi) is 28.5. The van der Waals surface area contributed by atoms with Crippen LogP contribution in [0.15, 0.2) is 212 Å². The number of benzene rings is 8. The number of nitrogens with one attached hydrogen (secondary N) is 8. The van der Waals surface area contributed by atoms with Crippen LogP contribution in [0.1, 0.15) is 105 Å². The SMILES string of the molecule is C#Cc1cc(Cl)c2nc(Nc3cc(CN4CCCCC4)cc(-c4cnn(C)c4)c3)ncc2c1.C#Cc1cc(F)c2nc(Nc3cc(CN4CCCCC4)cc(-c4cnn(C)c4)c3)ncc2c1.C1=C(c2cccc(Nc3ncc4cc(-c5nccs5)c(OC5CCNCC5)cc4n3)c2)NNS1.O=C1CCCN1c1ccc(Nc2ncc3cc(-c4nccs4)c(OC4CCNCC4)cc3n2)cc1. The fraction of sp³-hybridized carbons (Fsp3) is 0.265. The van der Waals surface area contributed by atoms with Crippen LogP contribution in [-0.2, 0) is 32.0 Å². The number of piperidine rings is 4. The van der Waals surface area contributed by atoms with Crippen molar-refractivity contribution in [2.45, 2.75) is 102 Å². The first-order valence-corrected chi connectivity index (χ1v) is 48.4. The van der Waals surface area contributed by atoms with Crippen LogP contribution < -0.4 is 56.5 Å². The summed E-state index contributed by atoms with van der Waals surface area (Å²) in [4.78, 5) is 67.5. The van der Waals surface area contributed by atoms with Gasteiger partial charge in [-0.25, -0.2) is 54.2 Å². The number of nitrogens with zero attached hydrogens (tertiary/aromatic N) is 17. The molecule has 22 rings (SSSR count). The van der Waals surface area contributed by atoms with Crippen molar-refractivity contribution < 1.29 is 18.7 Å². The number of hydrogen-bond acceptors (Lipinski definition) is 28. The van der Waals surface area contributed by atoms with Crippen molar-refractivity contribution in [1.82, 2.24) is 100 Å². The number of hydrogen-bond donors (Lipinski definition) is 8. The van der Waals surface area contributed by atoms with Crippen LogP contribution >= 0.6 is 46.2 Å². The predicted octanol–water partition coefficient (Wildman–Crippen LogP) is 19.7. The van der Waals surface area contributed by atoms with Crippen molar-refractivity contribution in [3.8, 4) is 79.6 Å². The molecule has 28 nitrogen and oxygen atoms in total. The molecular formula is C102H99ClFN25O3S3. The van der Waals surface area contributed by atoms with E-state index < -0.39 is 5.82 Å². The minimum absolute atomic E-state index is 0.174. The number of likely N-dealkylation sites (tertiary alicyclic amines) is 2. The van der Waals surface area contributed by atoms with Crippen molar-refractivity contribution in [3.05, 3.63) is 250 Å². The van der Waals surface area contributed by atoms with E-state index in [4.69, 9.17) is 43.9 Å². The van der Waals surface area contributed by atoms with Gasteiger partial charge in [0.1, 0.15) is 39.2 Å². The molecule has 8 aromatic carbocycles. The molecule has 0 spiro atoms. The van der Waals surface area contributed by atoms with Crippen LogP contribution in [0.4, 0.5) is 56.6 Å². The van der Waals surface area contributed by atoms with E-state index in [0.29, 0.717) is 57.3 Å². The number of carbonyl (C=O) groups is 1. The molecule has 135 heavy (non-hydrogen) atoms. The number of carbonyl (C=O) groups excluding carboxylic acids is 1. The summed E-state index contributed by atoms with van der Waals surface area (Å²) < 4.78 is 31.1. The summed E-state index contributed by atoms with van der Waals surface area (Å²) in [5.41, 5.74) is 22.2. The first-order valence-electron chi connectivity index (χ1n) is 45.4. The Labute approximate surface area is 798 Å². The van der Waals surface area contributed by atoms with Crippen LogP contribution in [0.5, 0.6) is 11.5 Å². The maximum absolute atomic E-state index is 14.5. The third-order valence-electron chi connectivity index (χ3n) is 24.1. The summed E-state index contributed by atoms with van der Waals surface area (Å²) in [7, 11) is 3.84. The average Bonchev–Trinajstić information content (AvgIpc) is 1.67. The van der Waals surface area contributed by atoms with Crippen molar-refractivity contribution in [3.63, 3.8) is 0 Å². The topological polar surface area (TPSA) is 306 Å². The lowest BCUT2D eigenvalue weighted by atomic mass is 10.0. The number of ether oxygens (including phenoxy) is 2. The Hall–Kier alpha value is -13.9. The second-order valence-corrected chi connectivity index (χ2v) is 36.8. The van der Waals surface area contributed by atoms with Crippen LogP contribution in [0.25, 0.3) is 92.7 Å². The summed E-state index contributed by atoms with van der Waals surface area (Å²) in [5.74, 6) is 8.31. The number of anilines is 9. The van der Waals surface area contributed by atoms with Gasteiger partial charge in [0.05, 0.1) is 50.8 Å². The molecule has 0 saturated carbocycles. The molecule has 6 aliphatic rings. The van der Waals surface area contributed by atoms with Gasteiger partial charge in [-0.15, -0.1) is 35.5 Å². The molecule has 0 radical (unpaired) electrons. The van der Waals surface area contributed by atoms with Gasteiger partial charge in [0, 0.05) is 196 Å². The lowest BCUT2D eigenvalue weighted by Crippen LogP contribution is -2.34. The molecular weight excluding hydrogens is 1770 g/mol. The van der Waals surface area contributed by atoms with E-state index in [0.717, 1.165) is 226 Å². The zero-order valence-corrected chi connectivity index (χ0v) is 77.8. The van der Waals surface area contributed by atoms with E-state index in [1.807, 2.05) is 150 Å². The first-order chi connectivity index (χ1) is 66.2. The maximum Gasteiger partial charge on any atom is 0.227 e. The number of aromatic nitrogens is 14. The molecule has 0 unspecified atom stereocenters. The number of fused-ring (bicyclic) bond motifs is 4. The van der Waals surface area contributed by atoms with E-state index >= 15 is 0 Å². The predicted molar refractivity (Wildman–Crippen MR) is 539 cm³/mol. The molecule has 16 aromatic rings. The number of hydrazine groups is 1. The van der Waals surface area contributed by atoms with Crippen molar-refractivity contribution >= 4 is 154 Å². The number of aryl methyl sites for hydroxylation is 2. The van der Waals surface area contributed by atoms with E-state index in [1.165, 1.54) is 67.7 Å². The summed E-state index contributed by atoms with van der Waals surface area (Å²) in [5, 5.41) is 40.4. The van der Waals surface area contributed by atoms with E-state index in [-0.39, 0.29) is 23.6 Å². The van der Waals surface area contributed by atoms with Gasteiger partial charge >= 0.3 is 0 Å². The fourth-order valence-corrected chi connectivity index (χ4v) is 19.5. The van der Waals surface area contributed by atoms with Gasteiger partial charge in [-0.1, -0.05) is 48.4 Å². The highest BCUT2D eigenvalue weighted by Crippen LogP contribution is 2.41. The van der Waals surface area contributed by atoms with Crippen molar-refractivity contribution in [2.24, 2.45) is 14.1 Å². The van der Waals surface area contributed by atoms with Gasteiger partial charge in [0.2, 0.25) is 29.7 Å². The molecule has 6 aliphatic heterocycles. The molecule has 5 fully saturated rings. The number of halogens is 2. The summed E-state index contributed by atoms with van der Waals surface area (Å²) in [6.07, 6.45) is 42.8. The molecule has 0 bridgehead atoms. The third-order valence-corrected chi connectivity index (χ3v) is 26.6. The standard InChI is InChI=1S/C26H25ClN6.C26H25FN6.C26H26N6O2S.C24H23N7OS2/c2*1-3-18-9-21-14-28-26(31-25(21)24(27)12-18)30-23-11-19(16-33-7-5-4-6-8-33)10-20(13-23)22-15-29-32(2)17-22;33-24-2-1-12-32(24)19-5-3-18(4-6-19)30-26-29-16-17-14-21(25-28-11-13-35-25)23(15-22(17)31-26)34-20-7-9-27-10-8-20;1-2-15(21-14-34-31-30-21)10-17(3-1)28-24-27-13-16-11-19(23-26-8-9-33-23)22(12-20(16)29-24)32-18-4-6-25-7-5-18/h2*1,9-15,17H,4-8,16H2,2H3,(H,28,30,31);3-6,11,13-16,20,27H,1-2,7-10,12H2,(H,29,30,31);1-3,8-14,18,25,30-31H,4-7H2,(H,27,28,29). The average molecular weight is 1870 g/mol. The number of amides is 1. The molecule has 0 atom stereocenters. The van der Waals surface area contributed by atoms with Gasteiger partial charge in [0.25, 0.3) is 0 Å². The molecule has 682 valence electrons. The smallest absolute Gasteiger partial charge is 0.227 e. The number of rotatable bonds is 22. The van der Waals surface area contributed by atoms with Crippen molar-refractivity contribution in [2.75, 3.05) is 85.1 Å². The first kappa shape index (κ1) is 90.3. The van der Waals surface area contributed by atoms with Gasteiger partial charge in [0.15, 0.2) is 5.82 Å². The minimum atomic E-state index is -0.458. The molecule has 5 saturated heterocycles. The fourth-order valence-electron chi connectivity index (χ4n) is 17.4. The zero-order valence-electron chi connectivity index (χ0n) is 74.6. The Bertz CT molecular complexity index is 6840. The third kappa shape index (κ3) is 22.8. The van der Waals surface area contributed by atoms with Crippen molar-refractivity contribution in [1.29, 1.82) is 0 Å². The lowest BCUT2D eigenvalue weighted by molar-refractivity contribution is -0.117. The Morgan fingerprint density at radius 3 is 1.48 bits per heavy atom. The molecule has 14 heterocycles. The highest BCUT2D eigenvalue weighted by Gasteiger charge is 2.26. The summed E-state index contributed by atoms with van der Waals surface area (Å²) in [6.45, 7) is 11.0. The van der Waals surface area contributed by atoms with Gasteiger partial charge in [-0.3, -0.25) is 24.0 Å². The van der Waals surface area contributed by atoms with E-state index in [9.17, 15) is 9.18 Å². The Morgan fingerprint density at radius 2 is 0.993 bits per heavy atom. The number of terminal acetylenes is 2. The van der Waals surface area contributed by atoms with Crippen LogP contribution in [-0.4, -0.2) is 156 Å². The highest BCUT2D eigenvalue weighted by molar-refractivity contribution is 8.00. The van der Waals surface area contributed by atoms with E-state index in [2.05, 4.69) is 168 Å². The normalized spacial score (nSPS) is 15.4. The lowest BCUT2D eigenvalue weighted by Gasteiger charge is -2.26. The van der Waals surface area contributed by atoms with Crippen LogP contribution in [0.2, 0.25) is 5.02 Å². The van der Waals surface area contributed by atoms with E-state index in [1.54, 1.807) is 51.9 Å². The van der Waals surface area contributed by atoms with Gasteiger partial charge in [-0.2, -0.15) is 15.0 Å². The molecule has 8 N–H and O–H groups in total. The summed E-state index contributed by atoms with van der Waals surface area (Å²) >= 11 is 11.1. The minimum Gasteiger partial charge on any atom is -0.490 e. The quantitative estimate of drug-likeness (QED) is 0.0231. The van der Waals surface area contributed by atoms with Crippen LogP contribution in [0.3, 0.4) is 0 Å². The monoisotopic (exact) mass is 1870 g/mol. The molecule has 33 heteroatoms. The summed E-state index contributed by atoms with van der Waals surface area (Å²) in [6, 6.07) is 43.7. The molecule has 1 amide bonds. The van der Waals surface area contributed by atoms with Gasteiger partial charge in [-0.05, 0) is 254 Å². The molecule has 0 aliphatic carbocycles. The number of thiazole rings is 2. The highest BCUT2D eigenvalue weighted by atomic mass is 35.5.